The number of aromatic nitrogens is 6. The number of pyridine rings is 2. The average molecular weight is 438 g/mol. The van der Waals surface area contributed by atoms with E-state index in [-0.39, 0.29) is 5.69 Å². The lowest BCUT2D eigenvalue weighted by Gasteiger charge is -2.31. The standard InChI is InChI=1S/C25H23N7O/c1-15-16(2)32-24(29-30(3)25(32)33)28-23(15)31-11-9-21-18(14-31)12-17(13-27-21)19-6-4-8-22-20(19)7-5-10-26-22/h4-8,10,12-13H,9,11,14H2,1-3H3. The first-order chi connectivity index (χ1) is 16.0. The van der Waals surface area contributed by atoms with Crippen LogP contribution in [0.15, 0.2) is 53.6 Å². The van der Waals surface area contributed by atoms with E-state index in [1.54, 1.807) is 11.4 Å². The van der Waals surface area contributed by atoms with Gasteiger partial charge >= 0.3 is 5.69 Å². The predicted molar refractivity (Wildman–Crippen MR) is 127 cm³/mol. The second kappa shape index (κ2) is 7.23. The Kier molecular flexibility index (Phi) is 4.29. The molecule has 0 fully saturated rings. The third kappa shape index (κ3) is 3.01. The molecular formula is C25H23N7O. The van der Waals surface area contributed by atoms with Crippen molar-refractivity contribution in [2.24, 2.45) is 7.05 Å². The second-order valence-electron chi connectivity index (χ2n) is 8.56. The molecule has 0 bridgehead atoms. The molecule has 5 heterocycles. The van der Waals surface area contributed by atoms with Crippen molar-refractivity contribution in [3.8, 4) is 11.1 Å². The Bertz CT molecular complexity index is 1610. The maximum absolute atomic E-state index is 12.4. The van der Waals surface area contributed by atoms with Crippen molar-refractivity contribution in [3.63, 3.8) is 0 Å². The van der Waals surface area contributed by atoms with Gasteiger partial charge in [0.05, 0.1) is 5.52 Å². The summed E-state index contributed by atoms with van der Waals surface area (Å²) < 4.78 is 2.91. The van der Waals surface area contributed by atoms with Gasteiger partial charge < -0.3 is 4.90 Å². The zero-order valence-corrected chi connectivity index (χ0v) is 18.8. The minimum Gasteiger partial charge on any atom is -0.351 e. The van der Waals surface area contributed by atoms with Crippen molar-refractivity contribution in [2.75, 3.05) is 11.4 Å². The summed E-state index contributed by atoms with van der Waals surface area (Å²) in [5.41, 5.74) is 7.19. The average Bonchev–Trinajstić information content (AvgIpc) is 3.13. The van der Waals surface area contributed by atoms with Gasteiger partial charge in [0.25, 0.3) is 5.78 Å². The van der Waals surface area contributed by atoms with E-state index in [0.717, 1.165) is 57.8 Å². The fraction of sp³-hybridized carbons (Fsp3) is 0.240. The maximum Gasteiger partial charge on any atom is 0.351 e. The number of benzene rings is 1. The van der Waals surface area contributed by atoms with Crippen LogP contribution in [0.4, 0.5) is 5.82 Å². The summed E-state index contributed by atoms with van der Waals surface area (Å²) in [4.78, 5) is 28.7. The van der Waals surface area contributed by atoms with Gasteiger partial charge in [-0.1, -0.05) is 18.2 Å². The fourth-order valence-electron chi connectivity index (χ4n) is 4.74. The van der Waals surface area contributed by atoms with Gasteiger partial charge in [-0.3, -0.25) is 9.97 Å². The molecule has 8 heteroatoms. The Morgan fingerprint density at radius 3 is 2.82 bits per heavy atom. The highest BCUT2D eigenvalue weighted by Crippen LogP contribution is 2.31. The van der Waals surface area contributed by atoms with Gasteiger partial charge in [-0.25, -0.2) is 13.9 Å². The molecule has 33 heavy (non-hydrogen) atoms. The summed E-state index contributed by atoms with van der Waals surface area (Å²) in [5, 5.41) is 5.43. The van der Waals surface area contributed by atoms with E-state index < -0.39 is 0 Å². The molecule has 0 atom stereocenters. The largest absolute Gasteiger partial charge is 0.351 e. The van der Waals surface area contributed by atoms with Crippen LogP contribution in [0, 0.1) is 13.8 Å². The Hall–Kier alpha value is -4.07. The van der Waals surface area contributed by atoms with Crippen molar-refractivity contribution in [1.82, 2.24) is 29.1 Å². The van der Waals surface area contributed by atoms with Crippen LogP contribution in [0.5, 0.6) is 0 Å². The highest BCUT2D eigenvalue weighted by molar-refractivity contribution is 5.94. The molecule has 1 aliphatic rings. The van der Waals surface area contributed by atoms with E-state index in [9.17, 15) is 4.79 Å². The molecule has 5 aromatic rings. The van der Waals surface area contributed by atoms with E-state index >= 15 is 0 Å². The molecule has 0 amide bonds. The summed E-state index contributed by atoms with van der Waals surface area (Å²) in [7, 11) is 1.65. The Labute approximate surface area is 190 Å². The van der Waals surface area contributed by atoms with Crippen LogP contribution >= 0.6 is 0 Å². The number of hydrogen-bond donors (Lipinski definition) is 0. The first kappa shape index (κ1) is 19.6. The van der Waals surface area contributed by atoms with Crippen LogP contribution in [-0.4, -0.2) is 35.7 Å². The Balaban J connectivity index is 1.42. The summed E-state index contributed by atoms with van der Waals surface area (Å²) in [6.07, 6.45) is 4.63. The molecule has 0 radical (unpaired) electrons. The van der Waals surface area contributed by atoms with Crippen LogP contribution in [0.1, 0.15) is 22.5 Å². The van der Waals surface area contributed by atoms with Crippen molar-refractivity contribution in [1.29, 1.82) is 0 Å². The molecule has 0 saturated carbocycles. The molecule has 0 saturated heterocycles. The van der Waals surface area contributed by atoms with E-state index in [1.807, 2.05) is 44.4 Å². The maximum atomic E-state index is 12.4. The highest BCUT2D eigenvalue weighted by Gasteiger charge is 2.23. The van der Waals surface area contributed by atoms with Gasteiger partial charge in [-0.05, 0) is 43.2 Å². The van der Waals surface area contributed by atoms with Crippen LogP contribution in [0.25, 0.3) is 27.8 Å². The zero-order valence-electron chi connectivity index (χ0n) is 18.8. The van der Waals surface area contributed by atoms with Crippen LogP contribution < -0.4 is 10.6 Å². The molecule has 4 aromatic heterocycles. The normalized spacial score (nSPS) is 13.6. The number of hydrogen-bond acceptors (Lipinski definition) is 6. The molecular weight excluding hydrogens is 414 g/mol. The minimum atomic E-state index is -0.174. The molecule has 1 aromatic carbocycles. The number of nitrogens with zero attached hydrogens (tertiary/aromatic N) is 7. The van der Waals surface area contributed by atoms with Crippen LogP contribution in [0.3, 0.4) is 0 Å². The first-order valence-corrected chi connectivity index (χ1v) is 11.0. The quantitative estimate of drug-likeness (QED) is 0.422. The molecule has 8 nitrogen and oxygen atoms in total. The monoisotopic (exact) mass is 437 g/mol. The van der Waals surface area contributed by atoms with Crippen LogP contribution in [0.2, 0.25) is 0 Å². The third-order valence-corrected chi connectivity index (χ3v) is 6.62. The molecule has 1 aliphatic heterocycles. The Morgan fingerprint density at radius 1 is 1.06 bits per heavy atom. The van der Waals surface area contributed by atoms with Gasteiger partial charge in [0.15, 0.2) is 0 Å². The smallest absolute Gasteiger partial charge is 0.351 e. The summed E-state index contributed by atoms with van der Waals surface area (Å²) in [6, 6.07) is 12.5. The summed E-state index contributed by atoms with van der Waals surface area (Å²) in [5.74, 6) is 1.30. The lowest BCUT2D eigenvalue weighted by molar-refractivity contribution is 0.698. The minimum absolute atomic E-state index is 0.174. The van der Waals surface area contributed by atoms with Gasteiger partial charge in [0.2, 0.25) is 0 Å². The Morgan fingerprint density at radius 2 is 1.94 bits per heavy atom. The lowest BCUT2D eigenvalue weighted by Crippen LogP contribution is -2.33. The zero-order chi connectivity index (χ0) is 22.7. The molecule has 6 rings (SSSR count). The molecule has 0 N–H and O–H groups in total. The van der Waals surface area contributed by atoms with Crippen molar-refractivity contribution < 1.29 is 0 Å². The summed E-state index contributed by atoms with van der Waals surface area (Å²) >= 11 is 0. The van der Waals surface area contributed by atoms with E-state index in [2.05, 4.69) is 33.2 Å². The highest BCUT2D eigenvalue weighted by atomic mass is 16.2. The van der Waals surface area contributed by atoms with E-state index in [0.29, 0.717) is 12.3 Å². The van der Waals surface area contributed by atoms with Crippen molar-refractivity contribution in [2.45, 2.75) is 26.8 Å². The van der Waals surface area contributed by atoms with Gasteiger partial charge in [-0.15, -0.1) is 5.10 Å². The molecule has 0 unspecified atom stereocenters. The molecule has 0 spiro atoms. The number of fused-ring (bicyclic) bond motifs is 3. The molecule has 0 aliphatic carbocycles. The number of aryl methyl sites for hydroxylation is 2. The third-order valence-electron chi connectivity index (χ3n) is 6.62. The van der Waals surface area contributed by atoms with E-state index in [4.69, 9.17) is 9.97 Å². The van der Waals surface area contributed by atoms with Crippen LogP contribution in [-0.2, 0) is 20.0 Å². The number of anilines is 1. The first-order valence-electron chi connectivity index (χ1n) is 11.0. The van der Waals surface area contributed by atoms with Gasteiger partial charge in [0.1, 0.15) is 5.82 Å². The lowest BCUT2D eigenvalue weighted by atomic mass is 9.97. The summed E-state index contributed by atoms with van der Waals surface area (Å²) in [6.45, 7) is 5.49. The second-order valence-corrected chi connectivity index (χ2v) is 8.56. The number of rotatable bonds is 2. The van der Waals surface area contributed by atoms with E-state index in [1.165, 1.54) is 10.2 Å². The SMILES string of the molecule is Cc1c(N2CCc3ncc(-c4cccc5ncccc45)cc3C2)nc2nn(C)c(=O)n2c1C. The molecule has 164 valence electrons. The van der Waals surface area contributed by atoms with Gasteiger partial charge in [-0.2, -0.15) is 4.98 Å². The van der Waals surface area contributed by atoms with Gasteiger partial charge in [0, 0.05) is 66.9 Å². The van der Waals surface area contributed by atoms with Crippen molar-refractivity contribution >= 4 is 22.5 Å². The fourth-order valence-corrected chi connectivity index (χ4v) is 4.74. The topological polar surface area (TPSA) is 81.2 Å². The predicted octanol–water partition coefficient (Wildman–Crippen LogP) is 3.22. The van der Waals surface area contributed by atoms with Crippen molar-refractivity contribution in [3.05, 3.63) is 81.8 Å².